The first-order valence-corrected chi connectivity index (χ1v) is 8.06. The molecule has 1 aromatic carbocycles. The fraction of sp³-hybridized carbons (Fsp3) is 0.417. The Morgan fingerprint density at radius 2 is 2.15 bits per heavy atom. The number of aliphatic carboxylic acids is 1. The van der Waals surface area contributed by atoms with Crippen LogP contribution in [0.2, 0.25) is 0 Å². The molecule has 0 aliphatic carbocycles. The zero-order valence-electron chi connectivity index (χ0n) is 11.1. The fourth-order valence-corrected chi connectivity index (χ4v) is 3.59. The van der Waals surface area contributed by atoms with Gasteiger partial charge in [0, 0.05) is 18.2 Å². The van der Waals surface area contributed by atoms with Gasteiger partial charge < -0.3 is 9.84 Å². The molecule has 0 saturated carbocycles. The molecule has 1 aromatic rings. The van der Waals surface area contributed by atoms with E-state index in [-0.39, 0.29) is 17.9 Å². The fourth-order valence-electron chi connectivity index (χ4n) is 1.58. The van der Waals surface area contributed by atoms with Crippen LogP contribution in [0.1, 0.15) is 12.0 Å². The van der Waals surface area contributed by atoms with Gasteiger partial charge in [-0.1, -0.05) is 22.0 Å². The summed E-state index contributed by atoms with van der Waals surface area (Å²) in [7, 11) is -2.48. The summed E-state index contributed by atoms with van der Waals surface area (Å²) >= 11 is 3.20. The molecule has 0 saturated heterocycles. The average molecular weight is 366 g/mol. The standard InChI is InChI=1S/C12H16BrNO5S/c1-8-3-4-9(13)7-11(8)20(17,18)14-10(12(15)16)5-6-19-2/h3-4,7,10,14H,5-6H2,1-2H3,(H,15,16). The lowest BCUT2D eigenvalue weighted by molar-refractivity contribution is -0.139. The summed E-state index contributed by atoms with van der Waals surface area (Å²) in [5.41, 5.74) is 0.539. The lowest BCUT2D eigenvalue weighted by Crippen LogP contribution is -2.41. The molecule has 0 aliphatic rings. The molecular formula is C12H16BrNO5S. The minimum atomic E-state index is -3.90. The number of methoxy groups -OCH3 is 1. The predicted molar refractivity (Wildman–Crippen MR) is 77.1 cm³/mol. The Hall–Kier alpha value is -0.960. The minimum Gasteiger partial charge on any atom is -0.480 e. The summed E-state index contributed by atoms with van der Waals surface area (Å²) in [5, 5.41) is 9.04. The second-order valence-electron chi connectivity index (χ2n) is 4.20. The average Bonchev–Trinajstić information content (AvgIpc) is 2.36. The van der Waals surface area contributed by atoms with Gasteiger partial charge in [0.25, 0.3) is 0 Å². The molecule has 0 aromatic heterocycles. The maximum atomic E-state index is 12.2. The first kappa shape index (κ1) is 17.1. The maximum absolute atomic E-state index is 12.2. The van der Waals surface area contributed by atoms with Gasteiger partial charge in [-0.05, 0) is 31.0 Å². The van der Waals surface area contributed by atoms with Crippen molar-refractivity contribution >= 4 is 31.9 Å². The number of hydrogen-bond donors (Lipinski definition) is 2. The summed E-state index contributed by atoms with van der Waals surface area (Å²) in [6.45, 7) is 1.79. The molecule has 0 aliphatic heterocycles. The molecule has 0 fully saturated rings. The number of ether oxygens (including phenoxy) is 1. The van der Waals surface area contributed by atoms with Crippen LogP contribution in [-0.4, -0.2) is 39.3 Å². The van der Waals surface area contributed by atoms with E-state index in [9.17, 15) is 13.2 Å². The number of carboxylic acid groups (broad SMARTS) is 1. The number of benzene rings is 1. The van der Waals surface area contributed by atoms with Crippen molar-refractivity contribution in [3.8, 4) is 0 Å². The molecule has 0 spiro atoms. The van der Waals surface area contributed by atoms with Gasteiger partial charge in [-0.25, -0.2) is 8.42 Å². The first-order chi connectivity index (χ1) is 9.27. The van der Waals surface area contributed by atoms with E-state index in [4.69, 9.17) is 9.84 Å². The summed E-state index contributed by atoms with van der Waals surface area (Å²) in [5.74, 6) is -1.24. The van der Waals surface area contributed by atoms with E-state index in [1.54, 1.807) is 19.1 Å². The van der Waals surface area contributed by atoms with Crippen molar-refractivity contribution in [2.75, 3.05) is 13.7 Å². The number of carboxylic acids is 1. The molecule has 8 heteroatoms. The van der Waals surface area contributed by atoms with E-state index in [0.717, 1.165) is 0 Å². The molecule has 0 heterocycles. The van der Waals surface area contributed by atoms with Crippen molar-refractivity contribution in [3.05, 3.63) is 28.2 Å². The molecule has 1 unspecified atom stereocenters. The van der Waals surface area contributed by atoms with E-state index in [1.807, 2.05) is 0 Å². The lowest BCUT2D eigenvalue weighted by Gasteiger charge is -2.15. The summed E-state index contributed by atoms with van der Waals surface area (Å²) in [4.78, 5) is 11.1. The molecule has 0 radical (unpaired) electrons. The second kappa shape index (κ2) is 7.16. The summed E-state index contributed by atoms with van der Waals surface area (Å²) in [6, 6.07) is 3.57. The number of nitrogens with one attached hydrogen (secondary N) is 1. The lowest BCUT2D eigenvalue weighted by atomic mass is 10.2. The molecule has 2 N–H and O–H groups in total. The van der Waals surface area contributed by atoms with Crippen molar-refractivity contribution in [2.24, 2.45) is 0 Å². The Kier molecular flexibility index (Phi) is 6.12. The van der Waals surface area contributed by atoms with Gasteiger partial charge >= 0.3 is 5.97 Å². The molecule has 6 nitrogen and oxygen atoms in total. The highest BCUT2D eigenvalue weighted by Crippen LogP contribution is 2.20. The quantitative estimate of drug-likeness (QED) is 0.764. The SMILES string of the molecule is COCCC(NS(=O)(=O)c1cc(Br)ccc1C)C(=O)O. The van der Waals surface area contributed by atoms with E-state index in [2.05, 4.69) is 20.7 Å². The van der Waals surface area contributed by atoms with Crippen molar-refractivity contribution in [1.29, 1.82) is 0 Å². The predicted octanol–water partition coefficient (Wildman–Crippen LogP) is 1.53. The van der Waals surface area contributed by atoms with E-state index in [0.29, 0.717) is 10.0 Å². The van der Waals surface area contributed by atoms with Crippen molar-refractivity contribution in [3.63, 3.8) is 0 Å². The van der Waals surface area contributed by atoms with Gasteiger partial charge in [-0.3, -0.25) is 4.79 Å². The summed E-state index contributed by atoms with van der Waals surface area (Å²) < 4.78 is 32.1. The minimum absolute atomic E-state index is 0.0514. The summed E-state index contributed by atoms with van der Waals surface area (Å²) in [6.07, 6.45) is 0.0537. The molecule has 112 valence electrons. The van der Waals surface area contributed by atoms with Gasteiger partial charge in [0.1, 0.15) is 6.04 Å². The van der Waals surface area contributed by atoms with Crippen LogP contribution in [0.15, 0.2) is 27.6 Å². The Morgan fingerprint density at radius 3 is 2.70 bits per heavy atom. The topological polar surface area (TPSA) is 92.7 Å². The Morgan fingerprint density at radius 1 is 1.50 bits per heavy atom. The second-order valence-corrected chi connectivity index (χ2v) is 6.80. The van der Waals surface area contributed by atoms with Gasteiger partial charge in [-0.15, -0.1) is 0 Å². The molecule has 20 heavy (non-hydrogen) atoms. The normalized spacial score (nSPS) is 13.2. The highest BCUT2D eigenvalue weighted by molar-refractivity contribution is 9.10. The molecular weight excluding hydrogens is 350 g/mol. The Bertz CT molecular complexity index is 588. The molecule has 1 atom stereocenters. The number of rotatable bonds is 7. The molecule has 1 rings (SSSR count). The molecule has 0 amide bonds. The van der Waals surface area contributed by atoms with E-state index < -0.39 is 22.0 Å². The zero-order chi connectivity index (χ0) is 15.3. The van der Waals surface area contributed by atoms with E-state index in [1.165, 1.54) is 13.2 Å². The third-order valence-electron chi connectivity index (χ3n) is 2.65. The highest BCUT2D eigenvalue weighted by atomic mass is 79.9. The van der Waals surface area contributed by atoms with E-state index >= 15 is 0 Å². The van der Waals surface area contributed by atoms with Gasteiger partial charge in [0.15, 0.2) is 0 Å². The van der Waals surface area contributed by atoms with Crippen LogP contribution in [0.25, 0.3) is 0 Å². The smallest absolute Gasteiger partial charge is 0.321 e. The van der Waals surface area contributed by atoms with Gasteiger partial charge in [0.05, 0.1) is 4.90 Å². The number of hydrogen-bond acceptors (Lipinski definition) is 4. The zero-order valence-corrected chi connectivity index (χ0v) is 13.5. The van der Waals surface area contributed by atoms with Crippen molar-refractivity contribution in [1.82, 2.24) is 4.72 Å². The monoisotopic (exact) mass is 365 g/mol. The number of aryl methyl sites for hydroxylation is 1. The highest BCUT2D eigenvalue weighted by Gasteiger charge is 2.26. The first-order valence-electron chi connectivity index (χ1n) is 5.78. The van der Waals surface area contributed by atoms with Gasteiger partial charge in [0.2, 0.25) is 10.0 Å². The largest absolute Gasteiger partial charge is 0.480 e. The van der Waals surface area contributed by atoms with Crippen LogP contribution in [0.3, 0.4) is 0 Å². The third-order valence-corrected chi connectivity index (χ3v) is 4.75. The van der Waals surface area contributed by atoms with Crippen LogP contribution < -0.4 is 4.72 Å². The number of carbonyl (C=O) groups is 1. The van der Waals surface area contributed by atoms with Crippen LogP contribution in [0.5, 0.6) is 0 Å². The van der Waals surface area contributed by atoms with Crippen molar-refractivity contribution in [2.45, 2.75) is 24.3 Å². The van der Waals surface area contributed by atoms with Crippen molar-refractivity contribution < 1.29 is 23.1 Å². The van der Waals surface area contributed by atoms with Crippen LogP contribution in [0, 0.1) is 6.92 Å². The maximum Gasteiger partial charge on any atom is 0.321 e. The third kappa shape index (κ3) is 4.55. The number of halogens is 1. The Balaban J connectivity index is 3.03. The molecule has 0 bridgehead atoms. The van der Waals surface area contributed by atoms with Crippen LogP contribution in [0.4, 0.5) is 0 Å². The van der Waals surface area contributed by atoms with Gasteiger partial charge in [-0.2, -0.15) is 4.72 Å². The van der Waals surface area contributed by atoms with Crippen LogP contribution in [-0.2, 0) is 19.6 Å². The van der Waals surface area contributed by atoms with Crippen LogP contribution >= 0.6 is 15.9 Å². The number of sulfonamides is 1. The Labute approximate surface area is 126 Å².